The number of amides is 1. The molecule has 0 bridgehead atoms. The Bertz CT molecular complexity index is 1400. The molecule has 2 N–H and O–H groups in total. The summed E-state index contributed by atoms with van der Waals surface area (Å²) in [6.07, 6.45) is 7.64. The van der Waals surface area contributed by atoms with Gasteiger partial charge in [0.25, 0.3) is 0 Å². The van der Waals surface area contributed by atoms with E-state index in [0.29, 0.717) is 13.0 Å². The molecule has 0 aromatic carbocycles. The van der Waals surface area contributed by atoms with E-state index in [4.69, 9.17) is 0 Å². The first-order valence-corrected chi connectivity index (χ1v) is 12.6. The van der Waals surface area contributed by atoms with Gasteiger partial charge in [0.2, 0.25) is 5.91 Å². The highest BCUT2D eigenvalue weighted by molar-refractivity contribution is 7.19. The van der Waals surface area contributed by atoms with Crippen molar-refractivity contribution in [3.8, 4) is 0 Å². The fourth-order valence-electron chi connectivity index (χ4n) is 4.92. The number of hydrogen-bond donors (Lipinski definition) is 2. The van der Waals surface area contributed by atoms with Crippen molar-refractivity contribution in [1.82, 2.24) is 24.5 Å². The largest absolute Gasteiger partial charge is 0.389 e. The van der Waals surface area contributed by atoms with Gasteiger partial charge in [-0.15, -0.1) is 11.3 Å². The van der Waals surface area contributed by atoms with Crippen LogP contribution in [0.2, 0.25) is 0 Å². The Hall–Kier alpha value is -3.24. The number of thiophene rings is 1. The number of anilines is 3. The summed E-state index contributed by atoms with van der Waals surface area (Å²) in [5.41, 5.74) is 3.26. The van der Waals surface area contributed by atoms with Gasteiger partial charge >= 0.3 is 0 Å². The molecule has 35 heavy (non-hydrogen) atoms. The first-order valence-electron chi connectivity index (χ1n) is 11.7. The minimum atomic E-state index is -0.913. The fourth-order valence-corrected chi connectivity index (χ4v) is 6.19. The Labute approximate surface area is 208 Å². The Morgan fingerprint density at radius 1 is 1.31 bits per heavy atom. The van der Waals surface area contributed by atoms with E-state index in [1.807, 2.05) is 35.8 Å². The highest BCUT2D eigenvalue weighted by Gasteiger charge is 2.32. The van der Waals surface area contributed by atoms with Gasteiger partial charge in [0.15, 0.2) is 0 Å². The molecule has 4 aromatic heterocycles. The van der Waals surface area contributed by atoms with Crippen molar-refractivity contribution in [3.05, 3.63) is 41.3 Å². The number of nitrogens with one attached hydrogen (secondary N) is 1. The van der Waals surface area contributed by atoms with Gasteiger partial charge in [0.05, 0.1) is 34.1 Å². The number of rotatable bonds is 6. The topological polar surface area (TPSA) is 98.9 Å². The van der Waals surface area contributed by atoms with E-state index in [9.17, 15) is 9.90 Å². The van der Waals surface area contributed by atoms with Crippen LogP contribution in [0.1, 0.15) is 30.7 Å². The van der Waals surface area contributed by atoms with Crippen LogP contribution < -0.4 is 10.2 Å². The van der Waals surface area contributed by atoms with Gasteiger partial charge < -0.3 is 20.2 Å². The highest BCUT2D eigenvalue weighted by Crippen LogP contribution is 2.41. The van der Waals surface area contributed by atoms with E-state index >= 15 is 0 Å². The molecule has 184 valence electrons. The molecule has 5 rings (SSSR count). The molecule has 10 heteroatoms. The van der Waals surface area contributed by atoms with E-state index in [1.165, 1.54) is 10.4 Å². The Morgan fingerprint density at radius 3 is 2.86 bits per heavy atom. The minimum absolute atomic E-state index is 0.0862. The van der Waals surface area contributed by atoms with Gasteiger partial charge in [-0.1, -0.05) is 0 Å². The molecule has 4 aromatic rings. The molecular formula is C25H31N7O2S. The summed E-state index contributed by atoms with van der Waals surface area (Å²) in [7, 11) is 5.78. The molecule has 9 nitrogen and oxygen atoms in total. The minimum Gasteiger partial charge on any atom is -0.389 e. The molecule has 1 aliphatic rings. The van der Waals surface area contributed by atoms with Gasteiger partial charge in [0.1, 0.15) is 17.0 Å². The molecule has 1 unspecified atom stereocenters. The Balaban J connectivity index is 1.47. The van der Waals surface area contributed by atoms with Crippen molar-refractivity contribution >= 4 is 50.2 Å². The second-order valence-corrected chi connectivity index (χ2v) is 11.2. The SMILES string of the molecule is CN(CC(C)(C)O)C(=O)C1CCc2c(sc3ncnc(Nc4cc5ccnn5cc4N(C)C)c23)C1. The maximum Gasteiger partial charge on any atom is 0.225 e. The van der Waals surface area contributed by atoms with Gasteiger partial charge in [-0.2, -0.15) is 5.10 Å². The number of carbonyl (C=O) groups excluding carboxylic acids is 1. The number of aryl methyl sites for hydroxylation is 1. The number of carbonyl (C=O) groups is 1. The van der Waals surface area contributed by atoms with Gasteiger partial charge in [0, 0.05) is 44.7 Å². The lowest BCUT2D eigenvalue weighted by Crippen LogP contribution is -2.43. The maximum absolute atomic E-state index is 13.1. The molecule has 1 amide bonds. The van der Waals surface area contributed by atoms with E-state index in [0.717, 1.165) is 45.8 Å². The molecule has 4 heterocycles. The van der Waals surface area contributed by atoms with Crippen LogP contribution in [0.15, 0.2) is 30.9 Å². The van der Waals surface area contributed by atoms with E-state index < -0.39 is 5.60 Å². The third-order valence-electron chi connectivity index (χ3n) is 6.44. The van der Waals surface area contributed by atoms with Crippen LogP contribution in [0.4, 0.5) is 17.2 Å². The van der Waals surface area contributed by atoms with Crippen molar-refractivity contribution in [2.24, 2.45) is 5.92 Å². The van der Waals surface area contributed by atoms with Crippen molar-refractivity contribution in [1.29, 1.82) is 0 Å². The first kappa shape index (κ1) is 23.5. The van der Waals surface area contributed by atoms with E-state index in [1.54, 1.807) is 49.7 Å². The van der Waals surface area contributed by atoms with Crippen LogP contribution >= 0.6 is 11.3 Å². The molecule has 0 saturated carbocycles. The van der Waals surface area contributed by atoms with Crippen molar-refractivity contribution in [2.45, 2.75) is 38.7 Å². The summed E-state index contributed by atoms with van der Waals surface area (Å²) < 4.78 is 1.86. The van der Waals surface area contributed by atoms with Gasteiger partial charge in [-0.25, -0.2) is 14.5 Å². The van der Waals surface area contributed by atoms with E-state index in [-0.39, 0.29) is 11.8 Å². The Kier molecular flexibility index (Phi) is 5.88. The van der Waals surface area contributed by atoms with Gasteiger partial charge in [-0.05, 0) is 50.8 Å². The second-order valence-electron chi connectivity index (χ2n) is 10.1. The molecule has 1 aliphatic carbocycles. The van der Waals surface area contributed by atoms with Crippen molar-refractivity contribution < 1.29 is 9.90 Å². The summed E-state index contributed by atoms with van der Waals surface area (Å²) in [6, 6.07) is 4.04. The summed E-state index contributed by atoms with van der Waals surface area (Å²) in [5, 5.41) is 19.1. The Morgan fingerprint density at radius 2 is 2.11 bits per heavy atom. The van der Waals surface area contributed by atoms with Crippen LogP contribution in [-0.4, -0.2) is 68.8 Å². The molecular weight excluding hydrogens is 462 g/mol. The highest BCUT2D eigenvalue weighted by atomic mass is 32.1. The molecule has 0 fully saturated rings. The van der Waals surface area contributed by atoms with Gasteiger partial charge in [-0.3, -0.25) is 4.79 Å². The standard InChI is InChI=1S/C25H31N7O2S/c1-25(2,34)13-31(5)24(33)15-6-7-17-20(10-15)35-23-21(17)22(26-14-27-23)29-18-11-16-8-9-28-32(16)12-19(18)30(3)4/h8-9,11-12,14-15,34H,6-7,10,13H2,1-5H3,(H,26,27,29). The second kappa shape index (κ2) is 8.76. The number of aromatic nitrogens is 4. The molecule has 0 aliphatic heterocycles. The predicted octanol–water partition coefficient (Wildman–Crippen LogP) is 3.48. The quantitative estimate of drug-likeness (QED) is 0.424. The third-order valence-corrected chi connectivity index (χ3v) is 7.61. The van der Waals surface area contributed by atoms with Crippen molar-refractivity contribution in [3.63, 3.8) is 0 Å². The van der Waals surface area contributed by atoms with Crippen molar-refractivity contribution in [2.75, 3.05) is 37.9 Å². The first-order chi connectivity index (χ1) is 16.6. The van der Waals surface area contributed by atoms with Crippen LogP contribution in [-0.2, 0) is 17.6 Å². The fraction of sp³-hybridized carbons (Fsp3) is 0.440. The van der Waals surface area contributed by atoms with E-state index in [2.05, 4.69) is 26.4 Å². The summed E-state index contributed by atoms with van der Waals surface area (Å²) in [6.45, 7) is 3.76. The molecule has 1 atom stereocenters. The smallest absolute Gasteiger partial charge is 0.225 e. The van der Waals surface area contributed by atoms with Crippen LogP contribution in [0, 0.1) is 5.92 Å². The maximum atomic E-state index is 13.1. The summed E-state index contributed by atoms with van der Waals surface area (Å²) in [5.74, 6) is 0.782. The molecule has 0 radical (unpaired) electrons. The zero-order chi connectivity index (χ0) is 24.9. The average molecular weight is 494 g/mol. The number of pyridine rings is 1. The monoisotopic (exact) mass is 493 g/mol. The predicted molar refractivity (Wildman–Crippen MR) is 140 cm³/mol. The number of likely N-dealkylation sites (N-methyl/N-ethyl adjacent to an activating group) is 1. The number of fused-ring (bicyclic) bond motifs is 4. The number of nitrogens with zero attached hydrogens (tertiary/aromatic N) is 6. The van der Waals surface area contributed by atoms with Crippen LogP contribution in [0.5, 0.6) is 0 Å². The number of aliphatic hydroxyl groups is 1. The zero-order valence-corrected chi connectivity index (χ0v) is 21.6. The lowest BCUT2D eigenvalue weighted by molar-refractivity contribution is -0.137. The zero-order valence-electron chi connectivity index (χ0n) is 20.7. The lowest BCUT2D eigenvalue weighted by Gasteiger charge is -2.30. The molecule has 0 spiro atoms. The third kappa shape index (κ3) is 4.55. The lowest BCUT2D eigenvalue weighted by atomic mass is 9.86. The van der Waals surface area contributed by atoms with Crippen LogP contribution in [0.3, 0.4) is 0 Å². The average Bonchev–Trinajstić information content (AvgIpc) is 3.40. The summed E-state index contributed by atoms with van der Waals surface area (Å²) >= 11 is 1.65. The normalized spacial score (nSPS) is 15.9. The summed E-state index contributed by atoms with van der Waals surface area (Å²) in [4.78, 5) is 28.1. The van der Waals surface area contributed by atoms with Crippen LogP contribution in [0.25, 0.3) is 15.7 Å². The number of hydrogen-bond acceptors (Lipinski definition) is 8. The molecule has 0 saturated heterocycles.